The Morgan fingerprint density at radius 1 is 0.700 bits per heavy atom. The summed E-state index contributed by atoms with van der Waals surface area (Å²) < 4.78 is 10.5. The number of pyridine rings is 1. The number of aromatic nitrogens is 2. The molecule has 2 atom stereocenters. The van der Waals surface area contributed by atoms with Gasteiger partial charge in [-0.15, -0.1) is 35.2 Å². The SMILES string of the molecule is CC(C)(C)c1cc(Oc2[c-]c3c(cc2)c2ccccc2n3-c2cc(C(C)(C)C)ccn2)[c-]c([N@@+]23[CH-][N@@+](C)(C2)c2ccc(C(C)(C)C)cc23)c1.[Pt]. The van der Waals surface area contributed by atoms with E-state index in [-0.39, 0.29) is 37.3 Å². The van der Waals surface area contributed by atoms with Crippen LogP contribution in [0.5, 0.6) is 11.5 Å². The average Bonchev–Trinajstić information content (AvgIpc) is 3.58. The summed E-state index contributed by atoms with van der Waals surface area (Å²) in [6.07, 6.45) is 1.91. The molecule has 5 heterocycles. The predicted octanol–water partition coefficient (Wildman–Crippen LogP) is 11.1. The van der Waals surface area contributed by atoms with Crippen LogP contribution in [0.4, 0.5) is 17.1 Å². The van der Waals surface area contributed by atoms with Crippen molar-refractivity contribution in [3.63, 3.8) is 0 Å². The first-order valence-corrected chi connectivity index (χ1v) is 17.4. The Morgan fingerprint density at radius 2 is 1.38 bits per heavy atom. The molecule has 2 bridgehead atoms. The van der Waals surface area contributed by atoms with E-state index < -0.39 is 0 Å². The van der Waals surface area contributed by atoms with Crippen molar-refractivity contribution in [3.8, 4) is 17.3 Å². The Balaban J connectivity index is 0.00000392. The quantitative estimate of drug-likeness (QED) is 0.131. The van der Waals surface area contributed by atoms with Gasteiger partial charge in [0.15, 0.2) is 18.0 Å². The number of rotatable bonds is 4. The Kier molecular flexibility index (Phi) is 7.89. The Bertz CT molecular complexity index is 2290. The van der Waals surface area contributed by atoms with Crippen LogP contribution in [-0.4, -0.2) is 23.3 Å². The zero-order chi connectivity index (χ0) is 34.7. The minimum Gasteiger partial charge on any atom is -0.509 e. The minimum absolute atomic E-state index is 0. The summed E-state index contributed by atoms with van der Waals surface area (Å²) in [6.45, 7) is 23.7. The van der Waals surface area contributed by atoms with E-state index in [2.05, 4.69) is 166 Å². The van der Waals surface area contributed by atoms with Gasteiger partial charge in [0.1, 0.15) is 5.82 Å². The van der Waals surface area contributed by atoms with Crippen molar-refractivity contribution >= 4 is 38.9 Å². The number of ether oxygens (including phenoxy) is 1. The second kappa shape index (κ2) is 11.4. The van der Waals surface area contributed by atoms with Crippen LogP contribution in [0.25, 0.3) is 27.6 Å². The average molecular weight is 843 g/mol. The standard InChI is InChI=1S/C44H47N4O.Pt/c1-42(2,3)29-15-18-39-40(23-29)48(27-47(39,10)28-48)32-21-31(44(7,8)9)22-34(25-32)49-33-16-17-36-35-13-11-12-14-37(35)46(38(36)26-33)41-24-30(19-20-45-41)43(4,5)6;/h11-24,27H,28H2,1-10H3;/q-1;/t47-,48+;/m0./s1. The van der Waals surface area contributed by atoms with Crippen LogP contribution in [0.15, 0.2) is 85.1 Å². The van der Waals surface area contributed by atoms with E-state index in [9.17, 15) is 0 Å². The van der Waals surface area contributed by atoms with Crippen molar-refractivity contribution in [2.75, 3.05) is 13.7 Å². The molecule has 3 aliphatic heterocycles. The van der Waals surface area contributed by atoms with Gasteiger partial charge in [-0.1, -0.05) is 98.2 Å². The third-order valence-electron chi connectivity index (χ3n) is 10.5. The molecule has 1 fully saturated rings. The maximum Gasteiger partial charge on any atom is 0.179 e. The van der Waals surface area contributed by atoms with Crippen LogP contribution < -0.4 is 13.7 Å². The van der Waals surface area contributed by atoms with Crippen LogP contribution in [0.3, 0.4) is 0 Å². The van der Waals surface area contributed by atoms with Gasteiger partial charge < -0.3 is 18.3 Å². The van der Waals surface area contributed by atoms with E-state index in [1.165, 1.54) is 33.5 Å². The molecule has 0 aliphatic carbocycles. The first kappa shape index (κ1) is 34.7. The smallest absolute Gasteiger partial charge is 0.179 e. The number of hydrogen-bond donors (Lipinski definition) is 0. The fourth-order valence-electron chi connectivity index (χ4n) is 7.69. The second-order valence-electron chi connectivity index (χ2n) is 17.4. The van der Waals surface area contributed by atoms with E-state index in [0.29, 0.717) is 16.0 Å². The van der Waals surface area contributed by atoms with Gasteiger partial charge in [0.25, 0.3) is 0 Å². The van der Waals surface area contributed by atoms with Gasteiger partial charge in [0.2, 0.25) is 0 Å². The molecule has 0 amide bonds. The van der Waals surface area contributed by atoms with Crippen molar-refractivity contribution in [3.05, 3.63) is 121 Å². The Morgan fingerprint density at radius 3 is 2.08 bits per heavy atom. The molecule has 0 unspecified atom stereocenters. The molecule has 260 valence electrons. The first-order valence-electron chi connectivity index (χ1n) is 17.4. The number of benzene rings is 4. The zero-order valence-electron chi connectivity index (χ0n) is 30.9. The molecule has 6 heteroatoms. The van der Waals surface area contributed by atoms with E-state index in [0.717, 1.165) is 39.1 Å². The van der Waals surface area contributed by atoms with Crippen molar-refractivity contribution in [2.24, 2.45) is 0 Å². The molecule has 6 aromatic rings. The maximum absolute atomic E-state index is 6.77. The number of fused-ring (bicyclic) bond motifs is 3. The summed E-state index contributed by atoms with van der Waals surface area (Å²) >= 11 is 0. The van der Waals surface area contributed by atoms with Crippen LogP contribution in [0, 0.1) is 18.8 Å². The Labute approximate surface area is 312 Å². The van der Waals surface area contributed by atoms with Crippen LogP contribution in [0.1, 0.15) is 79.0 Å². The molecular weight excluding hydrogens is 796 g/mol. The molecule has 0 radical (unpaired) electrons. The summed E-state index contributed by atoms with van der Waals surface area (Å²) in [5, 5.41) is 2.28. The molecule has 9 rings (SSSR count). The van der Waals surface area contributed by atoms with E-state index >= 15 is 0 Å². The second-order valence-corrected chi connectivity index (χ2v) is 17.4. The zero-order valence-corrected chi connectivity index (χ0v) is 33.2. The van der Waals surface area contributed by atoms with Gasteiger partial charge in [-0.05, 0) is 51.0 Å². The molecule has 1 saturated heterocycles. The number of para-hydroxylation sites is 1. The monoisotopic (exact) mass is 842 g/mol. The Hall–Kier alpha value is -3.76. The predicted molar refractivity (Wildman–Crippen MR) is 204 cm³/mol. The van der Waals surface area contributed by atoms with Gasteiger partial charge >= 0.3 is 0 Å². The molecule has 2 aromatic heterocycles. The summed E-state index contributed by atoms with van der Waals surface area (Å²) in [7, 11) is 2.30. The van der Waals surface area contributed by atoms with E-state index in [4.69, 9.17) is 9.72 Å². The van der Waals surface area contributed by atoms with Crippen LogP contribution in [-0.2, 0) is 37.3 Å². The summed E-state index contributed by atoms with van der Waals surface area (Å²) in [6, 6.07) is 36.0. The van der Waals surface area contributed by atoms with Gasteiger partial charge in [-0.3, -0.25) is 0 Å². The minimum atomic E-state index is -0.0804. The number of hydrogen-bond acceptors (Lipinski definition) is 2. The molecule has 3 aliphatic rings. The van der Waals surface area contributed by atoms with Gasteiger partial charge in [0, 0.05) is 62.1 Å². The van der Waals surface area contributed by atoms with Gasteiger partial charge in [0.05, 0.1) is 13.7 Å². The number of quaternary nitrogens is 2. The molecule has 0 N–H and O–H groups in total. The van der Waals surface area contributed by atoms with Crippen molar-refractivity contribution in [1.82, 2.24) is 18.5 Å². The summed E-state index contributed by atoms with van der Waals surface area (Å²) in [5.41, 5.74) is 9.64. The molecular formula is C44H47N4OPt-. The molecule has 0 spiro atoms. The van der Waals surface area contributed by atoms with Crippen molar-refractivity contribution in [1.29, 1.82) is 0 Å². The summed E-state index contributed by atoms with van der Waals surface area (Å²) in [5.74, 6) is 2.24. The summed E-state index contributed by atoms with van der Waals surface area (Å²) in [4.78, 5) is 4.85. The van der Waals surface area contributed by atoms with Crippen LogP contribution in [0.2, 0.25) is 0 Å². The van der Waals surface area contributed by atoms with E-state index in [1.54, 1.807) is 0 Å². The fourth-order valence-corrected chi connectivity index (χ4v) is 7.69. The van der Waals surface area contributed by atoms with Crippen molar-refractivity contribution < 1.29 is 25.8 Å². The fraction of sp³-hybridized carbons (Fsp3) is 0.318. The van der Waals surface area contributed by atoms with E-state index in [1.807, 2.05) is 12.3 Å². The van der Waals surface area contributed by atoms with Crippen molar-refractivity contribution in [2.45, 2.75) is 78.6 Å². The topological polar surface area (TPSA) is 27.1 Å². The molecule has 4 aromatic carbocycles. The third kappa shape index (κ3) is 5.45. The molecule has 50 heavy (non-hydrogen) atoms. The van der Waals surface area contributed by atoms with Crippen LogP contribution >= 0.6 is 0 Å². The largest absolute Gasteiger partial charge is 0.509 e. The molecule has 0 saturated carbocycles. The molecule has 5 nitrogen and oxygen atoms in total. The maximum atomic E-state index is 6.77. The van der Waals surface area contributed by atoms with Gasteiger partial charge in [-0.25, -0.2) is 4.98 Å². The first-order chi connectivity index (χ1) is 23.0. The normalized spacial score (nSPS) is 20.0. The van der Waals surface area contributed by atoms with Gasteiger partial charge in [-0.2, -0.15) is 6.07 Å². The third-order valence-corrected chi connectivity index (χ3v) is 10.5. The number of nitrogens with zero attached hydrogens (tertiary/aromatic N) is 4.